The number of hydrogen-bond donors (Lipinski definition) is 0. The van der Waals surface area contributed by atoms with E-state index in [4.69, 9.17) is 12.5 Å². The summed E-state index contributed by atoms with van der Waals surface area (Å²) >= 11 is 9.08. The number of thioether (sulfide) groups is 3. The van der Waals surface area contributed by atoms with E-state index in [1.54, 1.807) is 0 Å². The van der Waals surface area contributed by atoms with Crippen molar-refractivity contribution >= 4 is 89.3 Å². The monoisotopic (exact) mass is 528 g/mol. The molecule has 0 aromatic rings. The molecule has 168 valence electrons. The number of carbonyl (C=O) groups is 3. The molecule has 0 bridgehead atoms. The molecule has 0 spiro atoms. The Labute approximate surface area is 202 Å². The van der Waals surface area contributed by atoms with Crippen LogP contribution in [0.1, 0.15) is 19.3 Å². The first kappa shape index (κ1) is 23.7. The molecular weight excluding hydrogens is 505 g/mol. The molecule has 3 aliphatic heterocycles. The number of hydrogen-bond acceptors (Lipinski definition) is 12. The number of carbonyl (C=O) groups excluding carboxylic acids is 3. The molecule has 1 aliphatic carbocycles. The minimum absolute atomic E-state index is 0.343. The van der Waals surface area contributed by atoms with E-state index in [0.29, 0.717) is 35.0 Å². The average molecular weight is 529 g/mol. The topological polar surface area (TPSA) is 78.9 Å². The Kier molecular flexibility index (Phi) is 9.13. The van der Waals surface area contributed by atoms with Gasteiger partial charge in [0.1, 0.15) is 0 Å². The Hall–Kier alpha value is 0.510. The van der Waals surface area contributed by atoms with Crippen molar-refractivity contribution in [2.75, 3.05) is 34.5 Å². The Morgan fingerprint density at radius 2 is 0.867 bits per heavy atom. The summed E-state index contributed by atoms with van der Waals surface area (Å²) in [5.41, 5.74) is 0. The predicted octanol–water partition coefficient (Wildman–Crippen LogP) is 3.94. The van der Waals surface area contributed by atoms with Crippen LogP contribution in [-0.2, 0) is 26.9 Å². The van der Waals surface area contributed by atoms with Crippen molar-refractivity contribution in [2.24, 2.45) is 17.8 Å². The molecule has 3 saturated heterocycles. The van der Waals surface area contributed by atoms with Gasteiger partial charge in [0.2, 0.25) is 0 Å². The summed E-state index contributed by atoms with van der Waals surface area (Å²) in [6.45, 7) is 0. The molecule has 30 heavy (non-hydrogen) atoms. The zero-order valence-corrected chi connectivity index (χ0v) is 21.1. The molecule has 4 fully saturated rings. The fourth-order valence-electron chi connectivity index (χ4n) is 3.10. The van der Waals surface area contributed by atoms with Gasteiger partial charge in [-0.2, -0.15) is 35.3 Å². The minimum Gasteiger partial charge on any atom is -0.391 e. The van der Waals surface area contributed by atoms with Gasteiger partial charge in [-0.3, -0.25) is 14.4 Å². The Balaban J connectivity index is 1.28. The van der Waals surface area contributed by atoms with Crippen LogP contribution in [0.15, 0.2) is 0 Å². The Morgan fingerprint density at radius 3 is 1.10 bits per heavy atom. The lowest BCUT2D eigenvalue weighted by molar-refractivity contribution is -0.148. The van der Waals surface area contributed by atoms with Crippen LogP contribution in [0.4, 0.5) is 0 Å². The van der Waals surface area contributed by atoms with Crippen LogP contribution >= 0.6 is 71.4 Å². The van der Waals surface area contributed by atoms with Crippen LogP contribution in [0, 0.1) is 17.8 Å². The van der Waals surface area contributed by atoms with Crippen LogP contribution in [-0.4, -0.2) is 68.2 Å². The highest BCUT2D eigenvalue weighted by Gasteiger charge is 2.42. The van der Waals surface area contributed by atoms with Crippen molar-refractivity contribution in [3.05, 3.63) is 0 Å². The van der Waals surface area contributed by atoms with Gasteiger partial charge >= 0.3 is 17.9 Å². The maximum atomic E-state index is 12.6. The molecule has 0 aromatic carbocycles. The molecule has 4 rings (SSSR count). The third kappa shape index (κ3) is 8.13. The molecule has 0 aromatic heterocycles. The van der Waals surface area contributed by atoms with Crippen LogP contribution in [0.2, 0.25) is 0 Å². The summed E-state index contributed by atoms with van der Waals surface area (Å²) in [6.07, 6.45) is 1.10. The molecule has 0 radical (unpaired) electrons. The molecule has 4 aliphatic rings. The quantitative estimate of drug-likeness (QED) is 0.272. The van der Waals surface area contributed by atoms with Crippen molar-refractivity contribution in [3.63, 3.8) is 0 Å². The van der Waals surface area contributed by atoms with Crippen LogP contribution in [0.3, 0.4) is 0 Å². The molecule has 12 heteroatoms. The van der Waals surface area contributed by atoms with Gasteiger partial charge in [0.15, 0.2) is 0 Å². The maximum Gasteiger partial charge on any atom is 0.321 e. The zero-order valence-electron chi connectivity index (χ0n) is 16.2. The Bertz CT molecular complexity index is 547. The second-order valence-corrected chi connectivity index (χ2v) is 13.9. The highest BCUT2D eigenvalue weighted by atomic mass is 32.2. The highest BCUT2D eigenvalue weighted by Crippen LogP contribution is 2.40. The molecule has 3 heterocycles. The van der Waals surface area contributed by atoms with E-state index in [1.807, 2.05) is 35.3 Å². The van der Waals surface area contributed by atoms with Crippen LogP contribution < -0.4 is 0 Å². The second kappa shape index (κ2) is 11.6. The maximum absolute atomic E-state index is 12.6. The molecule has 0 N–H and O–H groups in total. The van der Waals surface area contributed by atoms with E-state index < -0.39 is 17.8 Å². The molecule has 1 saturated carbocycles. The summed E-state index contributed by atoms with van der Waals surface area (Å²) in [7, 11) is 0. The lowest BCUT2D eigenvalue weighted by Crippen LogP contribution is -2.36. The Morgan fingerprint density at radius 1 is 0.600 bits per heavy atom. The van der Waals surface area contributed by atoms with E-state index in [1.165, 1.54) is 36.1 Å². The smallest absolute Gasteiger partial charge is 0.321 e. The third-order valence-electron chi connectivity index (χ3n) is 5.10. The van der Waals surface area contributed by atoms with E-state index in [0.717, 1.165) is 34.5 Å². The zero-order chi connectivity index (χ0) is 20.9. The summed E-state index contributed by atoms with van der Waals surface area (Å²) in [4.78, 5) is 37.8. The van der Waals surface area contributed by atoms with Crippen molar-refractivity contribution in [1.82, 2.24) is 0 Å². The van der Waals surface area contributed by atoms with Crippen molar-refractivity contribution in [1.29, 1.82) is 0 Å². The molecule has 3 unspecified atom stereocenters. The standard InChI is InChI=1S/C18H24O6S6/c19-16(22-28-7-13-4-25-13)10-1-11(17(20)23-29-8-14-5-26-14)3-12(2-10)18(21)24-30-9-15-6-27-15/h10-15H,1-9H2. The van der Waals surface area contributed by atoms with E-state index in [2.05, 4.69) is 0 Å². The first-order chi connectivity index (χ1) is 14.6. The fraction of sp³-hybridized carbons (Fsp3) is 0.833. The van der Waals surface area contributed by atoms with Gasteiger partial charge in [0, 0.05) is 50.3 Å². The second-order valence-electron chi connectivity index (χ2n) is 7.72. The van der Waals surface area contributed by atoms with Crippen molar-refractivity contribution < 1.29 is 26.9 Å². The van der Waals surface area contributed by atoms with Gasteiger partial charge in [-0.25, -0.2) is 0 Å². The SMILES string of the molecule is O=C(OSCC1CS1)C1CC(C(=O)OSCC2CS2)CC(C(=O)OSCC2CS2)C1. The van der Waals surface area contributed by atoms with E-state index in [-0.39, 0.29) is 17.9 Å². The van der Waals surface area contributed by atoms with Gasteiger partial charge in [0.05, 0.1) is 53.9 Å². The molecular formula is C18H24O6S6. The van der Waals surface area contributed by atoms with Gasteiger partial charge < -0.3 is 12.5 Å². The first-order valence-electron chi connectivity index (χ1n) is 9.93. The van der Waals surface area contributed by atoms with Crippen molar-refractivity contribution in [2.45, 2.75) is 35.0 Å². The summed E-state index contributed by atoms with van der Waals surface area (Å²) in [5, 5.41) is 1.72. The largest absolute Gasteiger partial charge is 0.391 e. The summed E-state index contributed by atoms with van der Waals surface area (Å²) in [6, 6.07) is 0. The summed E-state index contributed by atoms with van der Waals surface area (Å²) in [5.74, 6) is 3.21. The van der Waals surface area contributed by atoms with E-state index in [9.17, 15) is 14.4 Å². The first-order valence-corrected chi connectivity index (χ1v) is 15.8. The average Bonchev–Trinajstić information content (AvgIpc) is 3.58. The minimum atomic E-state index is -0.485. The van der Waals surface area contributed by atoms with Gasteiger partial charge in [0.25, 0.3) is 0 Å². The van der Waals surface area contributed by atoms with Gasteiger partial charge in [-0.05, 0) is 19.3 Å². The molecule has 6 nitrogen and oxygen atoms in total. The molecule has 3 atom stereocenters. The lowest BCUT2D eigenvalue weighted by Gasteiger charge is -2.30. The van der Waals surface area contributed by atoms with Crippen LogP contribution in [0.25, 0.3) is 0 Å². The predicted molar refractivity (Wildman–Crippen MR) is 129 cm³/mol. The highest BCUT2D eigenvalue weighted by molar-refractivity contribution is 8.08. The summed E-state index contributed by atoms with van der Waals surface area (Å²) < 4.78 is 16.1. The lowest BCUT2D eigenvalue weighted by atomic mass is 9.75. The molecule has 0 amide bonds. The fourth-order valence-corrected chi connectivity index (χ4v) is 7.73. The van der Waals surface area contributed by atoms with Gasteiger partial charge in [-0.1, -0.05) is 0 Å². The van der Waals surface area contributed by atoms with Crippen molar-refractivity contribution in [3.8, 4) is 0 Å². The number of rotatable bonds is 12. The van der Waals surface area contributed by atoms with E-state index >= 15 is 0 Å². The van der Waals surface area contributed by atoms with Gasteiger partial charge in [-0.15, -0.1) is 0 Å². The normalized spacial score (nSPS) is 34.0. The third-order valence-corrected chi connectivity index (χ3v) is 11.1. The van der Waals surface area contributed by atoms with Crippen LogP contribution in [0.5, 0.6) is 0 Å².